The van der Waals surface area contributed by atoms with E-state index >= 15 is 0 Å². The summed E-state index contributed by atoms with van der Waals surface area (Å²) in [6.07, 6.45) is 1.11. The van der Waals surface area contributed by atoms with Gasteiger partial charge >= 0.3 is 5.97 Å². The number of methoxy groups -OCH3 is 1. The number of esters is 1. The summed E-state index contributed by atoms with van der Waals surface area (Å²) in [7, 11) is -2.72. The van der Waals surface area contributed by atoms with Gasteiger partial charge in [0.25, 0.3) is 0 Å². The van der Waals surface area contributed by atoms with Crippen LogP contribution in [-0.4, -0.2) is 39.3 Å². The molecular weight excluding hydrogens is 414 g/mol. The summed E-state index contributed by atoms with van der Waals surface area (Å²) in [6.45, 7) is 1.94. The van der Waals surface area contributed by atoms with E-state index < -0.39 is 22.0 Å². The number of aryl methyl sites for hydroxylation is 1. The molecule has 0 radical (unpaired) electrons. The number of unbranched alkanes of at least 4 members (excludes halogenated alkanes) is 1. The standard InChI is InChI=1S/C24H25NO5S/c1-19-14-16-22(17-15-19)31(28,29)25-23(24(27)30-2)13-8-12-21-11-6-5-10-20(21)9-4-3-7-18-26/h5-6,10-11,14-17,23,25-26H,3,7,13,18H2,1-2H3. The molecule has 0 aliphatic rings. The molecule has 0 aliphatic carbocycles. The van der Waals surface area contributed by atoms with Crippen molar-refractivity contribution in [2.75, 3.05) is 13.7 Å². The minimum atomic E-state index is -3.91. The van der Waals surface area contributed by atoms with Gasteiger partial charge < -0.3 is 9.84 Å². The van der Waals surface area contributed by atoms with Gasteiger partial charge in [0.2, 0.25) is 10.0 Å². The fraction of sp³-hybridized carbons (Fsp3) is 0.292. The van der Waals surface area contributed by atoms with E-state index in [-0.39, 0.29) is 17.9 Å². The number of benzene rings is 2. The number of rotatable bonds is 7. The van der Waals surface area contributed by atoms with Crippen molar-refractivity contribution in [3.8, 4) is 23.7 Å². The number of sulfonamides is 1. The van der Waals surface area contributed by atoms with Crippen molar-refractivity contribution in [1.82, 2.24) is 4.72 Å². The molecule has 1 unspecified atom stereocenters. The summed E-state index contributed by atoms with van der Waals surface area (Å²) in [4.78, 5) is 12.2. The predicted molar refractivity (Wildman–Crippen MR) is 118 cm³/mol. The first-order chi connectivity index (χ1) is 14.9. The largest absolute Gasteiger partial charge is 0.468 e. The van der Waals surface area contributed by atoms with Crippen molar-refractivity contribution in [3.05, 3.63) is 65.2 Å². The third-order valence-corrected chi connectivity index (χ3v) is 5.74. The Morgan fingerprint density at radius 2 is 1.68 bits per heavy atom. The van der Waals surface area contributed by atoms with E-state index in [0.717, 1.165) is 11.1 Å². The van der Waals surface area contributed by atoms with Crippen molar-refractivity contribution in [3.63, 3.8) is 0 Å². The molecule has 2 rings (SSSR count). The summed E-state index contributed by atoms with van der Waals surface area (Å²) < 4.78 is 32.4. The molecule has 0 amide bonds. The van der Waals surface area contributed by atoms with Crippen LogP contribution >= 0.6 is 0 Å². The first-order valence-corrected chi connectivity index (χ1v) is 11.2. The number of ether oxygens (including phenoxy) is 1. The van der Waals surface area contributed by atoms with Gasteiger partial charge in [0, 0.05) is 30.6 Å². The van der Waals surface area contributed by atoms with Gasteiger partial charge in [-0.05, 0) is 37.6 Å². The van der Waals surface area contributed by atoms with Gasteiger partial charge in [-0.25, -0.2) is 8.42 Å². The second-order valence-electron chi connectivity index (χ2n) is 6.69. The maximum atomic E-state index is 12.6. The minimum Gasteiger partial charge on any atom is -0.468 e. The normalized spacial score (nSPS) is 11.5. The Hall–Kier alpha value is -3.10. The third-order valence-electron chi connectivity index (χ3n) is 4.25. The molecule has 2 N–H and O–H groups in total. The Kier molecular flexibility index (Phi) is 9.30. The lowest BCUT2D eigenvalue weighted by atomic mass is 10.1. The molecule has 0 fully saturated rings. The van der Waals surface area contributed by atoms with E-state index in [2.05, 4.69) is 28.4 Å². The Bertz CT molecular complexity index is 1120. The first-order valence-electron chi connectivity index (χ1n) is 9.72. The number of carbonyl (C=O) groups excluding carboxylic acids is 1. The fourth-order valence-corrected chi connectivity index (χ4v) is 3.75. The smallest absolute Gasteiger partial charge is 0.324 e. The lowest BCUT2D eigenvalue weighted by Crippen LogP contribution is -2.41. The van der Waals surface area contributed by atoms with Crippen molar-refractivity contribution in [1.29, 1.82) is 0 Å². The van der Waals surface area contributed by atoms with E-state index in [1.54, 1.807) is 18.2 Å². The maximum Gasteiger partial charge on any atom is 0.324 e. The number of hydrogen-bond donors (Lipinski definition) is 2. The average molecular weight is 440 g/mol. The zero-order valence-corrected chi connectivity index (χ0v) is 18.3. The van der Waals surface area contributed by atoms with Crippen LogP contribution in [0.2, 0.25) is 0 Å². The van der Waals surface area contributed by atoms with Crippen LogP contribution in [0.4, 0.5) is 0 Å². The van der Waals surface area contributed by atoms with Crippen LogP contribution in [0.1, 0.15) is 36.0 Å². The molecule has 0 aromatic heterocycles. The fourth-order valence-electron chi connectivity index (χ4n) is 2.56. The molecule has 0 aliphatic heterocycles. The molecule has 7 heteroatoms. The van der Waals surface area contributed by atoms with Gasteiger partial charge in [0.05, 0.1) is 12.0 Å². The molecular formula is C24H25NO5S. The van der Waals surface area contributed by atoms with E-state index in [1.807, 2.05) is 25.1 Å². The lowest BCUT2D eigenvalue weighted by Gasteiger charge is -2.14. The Morgan fingerprint density at radius 1 is 1.06 bits per heavy atom. The molecule has 0 saturated heterocycles. The highest BCUT2D eigenvalue weighted by atomic mass is 32.2. The molecule has 162 valence electrons. The minimum absolute atomic E-state index is 0.0588. The summed E-state index contributed by atoms with van der Waals surface area (Å²) in [6, 6.07) is 12.5. The van der Waals surface area contributed by atoms with E-state index in [4.69, 9.17) is 9.84 Å². The SMILES string of the molecule is COC(=O)C(CC#Cc1ccccc1C#CCCCO)NS(=O)(=O)c1ccc(C)cc1. The average Bonchev–Trinajstić information content (AvgIpc) is 2.76. The molecule has 6 nitrogen and oxygen atoms in total. The van der Waals surface area contributed by atoms with Gasteiger partial charge in [-0.3, -0.25) is 4.79 Å². The zero-order valence-electron chi connectivity index (χ0n) is 17.5. The predicted octanol–water partition coefficient (Wildman–Crippen LogP) is 2.38. The van der Waals surface area contributed by atoms with Gasteiger partial charge in [-0.15, -0.1) is 0 Å². The zero-order chi connectivity index (χ0) is 22.7. The van der Waals surface area contributed by atoms with Gasteiger partial charge in [0.1, 0.15) is 6.04 Å². The number of aliphatic hydroxyl groups excluding tert-OH is 1. The molecule has 0 spiro atoms. The van der Waals surface area contributed by atoms with Crippen LogP contribution in [0, 0.1) is 30.6 Å². The highest BCUT2D eigenvalue weighted by molar-refractivity contribution is 7.89. The van der Waals surface area contributed by atoms with Crippen molar-refractivity contribution >= 4 is 16.0 Å². The highest BCUT2D eigenvalue weighted by Gasteiger charge is 2.25. The van der Waals surface area contributed by atoms with Gasteiger partial charge in [-0.1, -0.05) is 53.5 Å². The highest BCUT2D eigenvalue weighted by Crippen LogP contribution is 2.12. The summed E-state index contributed by atoms with van der Waals surface area (Å²) in [5.41, 5.74) is 2.32. The summed E-state index contributed by atoms with van der Waals surface area (Å²) in [5.74, 6) is 11.1. The van der Waals surface area contributed by atoms with E-state index in [0.29, 0.717) is 18.4 Å². The van der Waals surface area contributed by atoms with Crippen LogP contribution < -0.4 is 4.72 Å². The quantitative estimate of drug-likeness (QED) is 0.393. The lowest BCUT2D eigenvalue weighted by molar-refractivity contribution is -0.142. The van der Waals surface area contributed by atoms with Gasteiger partial charge in [0.15, 0.2) is 0 Å². The number of carbonyl (C=O) groups is 1. The molecule has 2 aromatic rings. The van der Waals surface area contributed by atoms with Crippen LogP contribution in [0.3, 0.4) is 0 Å². The number of aliphatic hydroxyl groups is 1. The monoisotopic (exact) mass is 439 g/mol. The second-order valence-corrected chi connectivity index (χ2v) is 8.40. The van der Waals surface area contributed by atoms with Crippen LogP contribution in [-0.2, 0) is 19.6 Å². The second kappa shape index (κ2) is 11.9. The topological polar surface area (TPSA) is 92.7 Å². The van der Waals surface area contributed by atoms with Crippen molar-refractivity contribution in [2.24, 2.45) is 0 Å². The van der Waals surface area contributed by atoms with Crippen molar-refractivity contribution < 1.29 is 23.1 Å². The Labute approximate surface area is 183 Å². The molecule has 0 saturated carbocycles. The Balaban J connectivity index is 2.19. The van der Waals surface area contributed by atoms with Crippen LogP contribution in [0.15, 0.2) is 53.4 Å². The third kappa shape index (κ3) is 7.58. The molecule has 0 heterocycles. The first kappa shape index (κ1) is 24.2. The van der Waals surface area contributed by atoms with Gasteiger partial charge in [-0.2, -0.15) is 4.72 Å². The maximum absolute atomic E-state index is 12.6. The molecule has 0 bridgehead atoms. The summed E-state index contributed by atoms with van der Waals surface area (Å²) in [5, 5.41) is 8.84. The number of nitrogens with one attached hydrogen (secondary N) is 1. The Morgan fingerprint density at radius 3 is 2.26 bits per heavy atom. The molecule has 31 heavy (non-hydrogen) atoms. The molecule has 2 aromatic carbocycles. The molecule has 1 atom stereocenters. The van der Waals surface area contributed by atoms with Crippen LogP contribution in [0.25, 0.3) is 0 Å². The van der Waals surface area contributed by atoms with E-state index in [1.165, 1.54) is 19.2 Å². The van der Waals surface area contributed by atoms with E-state index in [9.17, 15) is 13.2 Å². The van der Waals surface area contributed by atoms with Crippen molar-refractivity contribution in [2.45, 2.75) is 37.1 Å². The number of hydrogen-bond acceptors (Lipinski definition) is 5. The summed E-state index contributed by atoms with van der Waals surface area (Å²) >= 11 is 0. The van der Waals surface area contributed by atoms with Crippen LogP contribution in [0.5, 0.6) is 0 Å².